The van der Waals surface area contributed by atoms with E-state index in [-0.39, 0.29) is 5.91 Å². The molecule has 0 radical (unpaired) electrons. The number of hydrogen-bond donors (Lipinski definition) is 1. The summed E-state index contributed by atoms with van der Waals surface area (Å²) in [4.78, 5) is 14.2. The van der Waals surface area contributed by atoms with E-state index in [1.807, 2.05) is 48.9 Å². The summed E-state index contributed by atoms with van der Waals surface area (Å²) in [6, 6.07) is 9.38. The molecule has 5 nitrogen and oxygen atoms in total. The molecule has 6 heteroatoms. The molecule has 1 saturated heterocycles. The summed E-state index contributed by atoms with van der Waals surface area (Å²) < 4.78 is 1.86. The predicted molar refractivity (Wildman–Crippen MR) is 93.4 cm³/mol. The Kier molecular flexibility index (Phi) is 4.00. The van der Waals surface area contributed by atoms with Crippen molar-refractivity contribution >= 4 is 23.2 Å². The number of rotatable bonds is 4. The third-order valence-electron chi connectivity index (χ3n) is 3.97. The zero-order valence-electron chi connectivity index (χ0n) is 13.1. The van der Waals surface area contributed by atoms with Crippen molar-refractivity contribution in [1.82, 2.24) is 20.0 Å². The summed E-state index contributed by atoms with van der Waals surface area (Å²) in [6.07, 6.45) is 1.67. The molecule has 2 heterocycles. The number of aryl methyl sites for hydroxylation is 1. The van der Waals surface area contributed by atoms with Crippen LogP contribution in [0.1, 0.15) is 23.0 Å². The number of nitrogens with one attached hydrogen (secondary N) is 1. The number of para-hydroxylation sites is 1. The van der Waals surface area contributed by atoms with Crippen LogP contribution in [0, 0.1) is 13.8 Å². The van der Waals surface area contributed by atoms with E-state index < -0.39 is 6.04 Å². The van der Waals surface area contributed by atoms with Crippen molar-refractivity contribution in [3.63, 3.8) is 0 Å². The normalized spacial score (nSPS) is 17.5. The molecule has 0 aliphatic carbocycles. The number of carbonyl (C=O) groups is 1. The number of amides is 1. The zero-order valence-corrected chi connectivity index (χ0v) is 13.9. The molecule has 1 aliphatic rings. The van der Waals surface area contributed by atoms with Gasteiger partial charge in [0.15, 0.2) is 5.11 Å². The van der Waals surface area contributed by atoms with Gasteiger partial charge in [-0.05, 0) is 38.2 Å². The van der Waals surface area contributed by atoms with Crippen molar-refractivity contribution in [2.24, 2.45) is 0 Å². The van der Waals surface area contributed by atoms with Gasteiger partial charge >= 0.3 is 0 Å². The number of hydrogen-bond acceptors (Lipinski definition) is 3. The molecule has 1 aliphatic heterocycles. The lowest BCUT2D eigenvalue weighted by molar-refractivity contribution is -0.126. The van der Waals surface area contributed by atoms with Gasteiger partial charge in [-0.2, -0.15) is 5.10 Å². The van der Waals surface area contributed by atoms with Crippen LogP contribution in [0.4, 0.5) is 0 Å². The second-order valence-corrected chi connectivity index (χ2v) is 5.84. The minimum absolute atomic E-state index is 0.0614. The summed E-state index contributed by atoms with van der Waals surface area (Å²) >= 11 is 5.27. The Morgan fingerprint density at radius 2 is 2.04 bits per heavy atom. The molecule has 23 heavy (non-hydrogen) atoms. The monoisotopic (exact) mass is 326 g/mol. The molecule has 0 spiro atoms. The number of benzene rings is 1. The van der Waals surface area contributed by atoms with E-state index in [4.69, 9.17) is 12.2 Å². The Bertz CT molecular complexity index is 781. The van der Waals surface area contributed by atoms with E-state index in [0.717, 1.165) is 22.6 Å². The Morgan fingerprint density at radius 1 is 1.35 bits per heavy atom. The molecule has 1 N–H and O–H groups in total. The van der Waals surface area contributed by atoms with Gasteiger partial charge in [0.05, 0.1) is 11.4 Å². The van der Waals surface area contributed by atoms with E-state index in [0.29, 0.717) is 11.7 Å². The topological polar surface area (TPSA) is 50.2 Å². The van der Waals surface area contributed by atoms with Crippen LogP contribution < -0.4 is 5.32 Å². The molecule has 2 aromatic rings. The maximum atomic E-state index is 12.6. The number of thiocarbonyl (C=S) groups is 1. The lowest BCUT2D eigenvalue weighted by Crippen LogP contribution is -2.30. The maximum Gasteiger partial charge on any atom is 0.256 e. The summed E-state index contributed by atoms with van der Waals surface area (Å²) in [7, 11) is 0. The average molecular weight is 326 g/mol. The molecular formula is C17H18N4OS. The first-order chi connectivity index (χ1) is 11.0. The molecule has 1 fully saturated rings. The lowest BCUT2D eigenvalue weighted by atomic mass is 10.0. The van der Waals surface area contributed by atoms with Crippen molar-refractivity contribution in [2.75, 3.05) is 6.54 Å². The largest absolute Gasteiger partial charge is 0.347 e. The quantitative estimate of drug-likeness (QED) is 0.692. The highest BCUT2D eigenvalue weighted by Gasteiger charge is 2.38. The molecule has 0 bridgehead atoms. The molecular weight excluding hydrogens is 308 g/mol. The molecule has 0 saturated carbocycles. The average Bonchev–Trinajstić information content (AvgIpc) is 2.99. The van der Waals surface area contributed by atoms with Gasteiger partial charge < -0.3 is 5.32 Å². The first-order valence-corrected chi connectivity index (χ1v) is 7.79. The highest BCUT2D eigenvalue weighted by atomic mass is 32.1. The van der Waals surface area contributed by atoms with Crippen molar-refractivity contribution < 1.29 is 4.79 Å². The fourth-order valence-corrected chi connectivity index (χ4v) is 3.19. The molecule has 1 aromatic heterocycles. The highest BCUT2D eigenvalue weighted by molar-refractivity contribution is 7.80. The molecule has 1 aromatic carbocycles. The minimum Gasteiger partial charge on any atom is -0.347 e. The van der Waals surface area contributed by atoms with Gasteiger partial charge in [0.25, 0.3) is 5.91 Å². The van der Waals surface area contributed by atoms with Crippen LogP contribution in [0.2, 0.25) is 0 Å². The minimum atomic E-state index is -0.486. The van der Waals surface area contributed by atoms with Crippen LogP contribution in [-0.2, 0) is 4.79 Å². The highest BCUT2D eigenvalue weighted by Crippen LogP contribution is 2.28. The second kappa shape index (κ2) is 5.96. The number of carbonyl (C=O) groups excluding carboxylic acids is 1. The standard InChI is InChI=1S/C17H18N4OS/c1-4-10-20-16(22)15(18-17(20)23)14-11(2)19-21(12(14)3)13-8-6-5-7-9-13/h4-9,15H,1,10H2,2-3H3,(H,18,23)/t15-/m1/s1. The Labute approximate surface area is 140 Å². The SMILES string of the molecule is C=CCN1C(=O)[C@@H](c2c(C)nn(-c3ccccc3)c2C)NC1=S. The van der Waals surface area contributed by atoms with E-state index >= 15 is 0 Å². The predicted octanol–water partition coefficient (Wildman–Crippen LogP) is 2.43. The van der Waals surface area contributed by atoms with Crippen molar-refractivity contribution in [3.05, 3.63) is 59.9 Å². The summed E-state index contributed by atoms with van der Waals surface area (Å²) in [5.41, 5.74) is 3.60. The van der Waals surface area contributed by atoms with Crippen LogP contribution in [0.15, 0.2) is 43.0 Å². The summed E-state index contributed by atoms with van der Waals surface area (Å²) in [6.45, 7) is 7.96. The van der Waals surface area contributed by atoms with Crippen molar-refractivity contribution in [3.8, 4) is 5.69 Å². The lowest BCUT2D eigenvalue weighted by Gasteiger charge is -2.12. The van der Waals surface area contributed by atoms with E-state index in [1.54, 1.807) is 6.08 Å². The smallest absolute Gasteiger partial charge is 0.256 e. The van der Waals surface area contributed by atoms with Gasteiger partial charge in [0.1, 0.15) is 6.04 Å². The van der Waals surface area contributed by atoms with Gasteiger partial charge in [-0.1, -0.05) is 24.3 Å². The number of nitrogens with zero attached hydrogens (tertiary/aromatic N) is 3. The Balaban J connectivity index is 2.02. The van der Waals surface area contributed by atoms with Gasteiger partial charge in [-0.25, -0.2) is 4.68 Å². The fraction of sp³-hybridized carbons (Fsp3) is 0.235. The van der Waals surface area contributed by atoms with Crippen LogP contribution in [0.3, 0.4) is 0 Å². The van der Waals surface area contributed by atoms with Gasteiger partial charge in [-0.15, -0.1) is 6.58 Å². The summed E-state index contributed by atoms with van der Waals surface area (Å²) in [5.74, 6) is -0.0614. The van der Waals surface area contributed by atoms with Crippen LogP contribution >= 0.6 is 12.2 Å². The molecule has 118 valence electrons. The Hall–Kier alpha value is -2.47. The fourth-order valence-electron chi connectivity index (χ4n) is 2.91. The zero-order chi connectivity index (χ0) is 16.6. The second-order valence-electron chi connectivity index (χ2n) is 5.45. The van der Waals surface area contributed by atoms with E-state index in [1.165, 1.54) is 4.90 Å². The first-order valence-electron chi connectivity index (χ1n) is 7.39. The van der Waals surface area contributed by atoms with Gasteiger partial charge in [0.2, 0.25) is 0 Å². The van der Waals surface area contributed by atoms with Gasteiger partial charge in [0, 0.05) is 17.8 Å². The van der Waals surface area contributed by atoms with Crippen molar-refractivity contribution in [2.45, 2.75) is 19.9 Å². The first kappa shape index (κ1) is 15.4. The van der Waals surface area contributed by atoms with Gasteiger partial charge in [-0.3, -0.25) is 9.69 Å². The van der Waals surface area contributed by atoms with E-state index in [2.05, 4.69) is 17.0 Å². The molecule has 1 atom stereocenters. The third-order valence-corrected chi connectivity index (χ3v) is 4.31. The molecule has 1 amide bonds. The maximum absolute atomic E-state index is 12.6. The Morgan fingerprint density at radius 3 is 2.70 bits per heavy atom. The number of aromatic nitrogens is 2. The summed E-state index contributed by atoms with van der Waals surface area (Å²) in [5, 5.41) is 8.14. The van der Waals surface area contributed by atoms with E-state index in [9.17, 15) is 4.79 Å². The van der Waals surface area contributed by atoms with Crippen LogP contribution in [0.25, 0.3) is 5.69 Å². The third kappa shape index (κ3) is 2.55. The van der Waals surface area contributed by atoms with Crippen molar-refractivity contribution in [1.29, 1.82) is 0 Å². The molecule has 0 unspecified atom stereocenters. The van der Waals surface area contributed by atoms with Crippen LogP contribution in [0.5, 0.6) is 0 Å². The van der Waals surface area contributed by atoms with Crippen LogP contribution in [-0.4, -0.2) is 32.2 Å². The molecule has 3 rings (SSSR count).